The summed E-state index contributed by atoms with van der Waals surface area (Å²) in [5, 5.41) is 3.08. The van der Waals surface area contributed by atoms with E-state index in [0.29, 0.717) is 5.91 Å². The maximum atomic E-state index is 12.1. The predicted octanol–water partition coefficient (Wildman–Crippen LogP) is 2.30. The van der Waals surface area contributed by atoms with Crippen LogP contribution >= 0.6 is 12.4 Å². The van der Waals surface area contributed by atoms with E-state index in [4.69, 9.17) is 0 Å². The second-order valence-electron chi connectivity index (χ2n) is 4.99. The molecule has 1 saturated heterocycles. The summed E-state index contributed by atoms with van der Waals surface area (Å²) in [6, 6.07) is 0. The molecule has 0 aromatic carbocycles. The van der Waals surface area contributed by atoms with Crippen molar-refractivity contribution in [2.45, 2.75) is 39.5 Å². The van der Waals surface area contributed by atoms with E-state index in [9.17, 15) is 4.79 Å². The van der Waals surface area contributed by atoms with Crippen molar-refractivity contribution in [2.75, 3.05) is 26.7 Å². The van der Waals surface area contributed by atoms with Crippen LogP contribution in [0.15, 0.2) is 0 Å². The lowest BCUT2D eigenvalue weighted by atomic mass is 9.98. The summed E-state index contributed by atoms with van der Waals surface area (Å²) in [7, 11) is 1.90. The van der Waals surface area contributed by atoms with Crippen molar-refractivity contribution in [3.05, 3.63) is 0 Å². The zero-order chi connectivity index (χ0) is 12.0. The molecule has 1 rings (SSSR count). The van der Waals surface area contributed by atoms with E-state index >= 15 is 0 Å². The summed E-state index contributed by atoms with van der Waals surface area (Å²) in [6.45, 7) is 6.98. The lowest BCUT2D eigenvalue weighted by molar-refractivity contribution is -0.134. The molecule has 0 aliphatic carbocycles. The van der Waals surface area contributed by atoms with Crippen molar-refractivity contribution in [3.8, 4) is 0 Å². The van der Waals surface area contributed by atoms with Gasteiger partial charge in [-0.2, -0.15) is 0 Å². The Balaban J connectivity index is 0.00000256. The number of carbonyl (C=O) groups excluding carboxylic acids is 1. The highest BCUT2D eigenvalue weighted by Crippen LogP contribution is 2.21. The minimum atomic E-state index is 0. The van der Waals surface area contributed by atoms with E-state index in [1.165, 1.54) is 25.7 Å². The number of amides is 1. The van der Waals surface area contributed by atoms with Crippen molar-refractivity contribution in [2.24, 2.45) is 11.8 Å². The molecule has 0 radical (unpaired) electrons. The summed E-state index contributed by atoms with van der Waals surface area (Å²) in [4.78, 5) is 14.2. The van der Waals surface area contributed by atoms with Crippen molar-refractivity contribution in [3.63, 3.8) is 0 Å². The maximum absolute atomic E-state index is 12.1. The first-order valence-corrected chi connectivity index (χ1v) is 6.62. The predicted molar refractivity (Wildman–Crippen MR) is 74.6 cm³/mol. The van der Waals surface area contributed by atoms with E-state index in [1.54, 1.807) is 0 Å². The third-order valence-corrected chi connectivity index (χ3v) is 3.67. The van der Waals surface area contributed by atoms with Gasteiger partial charge in [0, 0.05) is 25.6 Å². The van der Waals surface area contributed by atoms with Gasteiger partial charge in [-0.15, -0.1) is 12.4 Å². The van der Waals surface area contributed by atoms with Crippen molar-refractivity contribution >= 4 is 18.3 Å². The number of hydrogen-bond donors (Lipinski definition) is 1. The second-order valence-corrected chi connectivity index (χ2v) is 4.99. The normalized spacial score (nSPS) is 22.5. The molecule has 17 heavy (non-hydrogen) atoms. The first-order valence-electron chi connectivity index (χ1n) is 6.62. The van der Waals surface area contributed by atoms with Gasteiger partial charge in [-0.1, -0.05) is 20.3 Å². The van der Waals surface area contributed by atoms with Gasteiger partial charge in [-0.05, 0) is 32.2 Å². The fraction of sp³-hybridized carbons (Fsp3) is 0.923. The van der Waals surface area contributed by atoms with Crippen LogP contribution in [-0.4, -0.2) is 37.5 Å². The fourth-order valence-electron chi connectivity index (χ4n) is 2.50. The molecule has 0 bridgehead atoms. The topological polar surface area (TPSA) is 32.3 Å². The van der Waals surface area contributed by atoms with Crippen LogP contribution in [0.2, 0.25) is 0 Å². The number of likely N-dealkylation sites (tertiary alicyclic amines) is 1. The molecule has 4 heteroatoms. The molecule has 102 valence electrons. The van der Waals surface area contributed by atoms with Gasteiger partial charge in [-0.25, -0.2) is 0 Å². The molecule has 3 nitrogen and oxygen atoms in total. The van der Waals surface area contributed by atoms with E-state index in [1.807, 2.05) is 14.0 Å². The zero-order valence-electron chi connectivity index (χ0n) is 11.4. The average molecular weight is 263 g/mol. The van der Waals surface area contributed by atoms with Crippen LogP contribution < -0.4 is 5.32 Å². The summed E-state index contributed by atoms with van der Waals surface area (Å²) >= 11 is 0. The largest absolute Gasteiger partial charge is 0.342 e. The minimum absolute atomic E-state index is 0. The van der Waals surface area contributed by atoms with Crippen molar-refractivity contribution in [1.82, 2.24) is 10.2 Å². The summed E-state index contributed by atoms with van der Waals surface area (Å²) in [5.41, 5.74) is 0. The zero-order valence-corrected chi connectivity index (χ0v) is 12.2. The Kier molecular flexibility index (Phi) is 8.61. The Hall–Kier alpha value is -0.280. The number of halogens is 1. The molecule has 0 spiro atoms. The molecule has 2 atom stereocenters. The lowest BCUT2D eigenvalue weighted by Crippen LogP contribution is -2.39. The molecule has 1 aliphatic rings. The average Bonchev–Trinajstić information content (AvgIpc) is 2.53. The van der Waals surface area contributed by atoms with Crippen molar-refractivity contribution < 1.29 is 4.79 Å². The quantitative estimate of drug-likeness (QED) is 0.843. The highest BCUT2D eigenvalue weighted by atomic mass is 35.5. The minimum Gasteiger partial charge on any atom is -0.342 e. The van der Waals surface area contributed by atoms with Gasteiger partial charge >= 0.3 is 0 Å². The molecule has 1 N–H and O–H groups in total. The number of rotatable bonds is 4. The van der Waals surface area contributed by atoms with Gasteiger partial charge < -0.3 is 10.2 Å². The Morgan fingerprint density at radius 2 is 2.12 bits per heavy atom. The molecule has 1 heterocycles. The molecular formula is C13H27ClN2O. The molecule has 1 fully saturated rings. The highest BCUT2D eigenvalue weighted by molar-refractivity contribution is 5.85. The fourth-order valence-corrected chi connectivity index (χ4v) is 2.50. The molecule has 2 unspecified atom stereocenters. The van der Waals surface area contributed by atoms with Crippen LogP contribution in [0.3, 0.4) is 0 Å². The van der Waals surface area contributed by atoms with E-state index in [-0.39, 0.29) is 18.3 Å². The Labute approximate surface area is 112 Å². The third-order valence-electron chi connectivity index (χ3n) is 3.67. The van der Waals surface area contributed by atoms with Crippen LogP contribution in [0.5, 0.6) is 0 Å². The Bertz CT molecular complexity index is 223. The summed E-state index contributed by atoms with van der Waals surface area (Å²) in [5.74, 6) is 1.27. The van der Waals surface area contributed by atoms with Gasteiger partial charge in [0.25, 0.3) is 0 Å². The van der Waals surface area contributed by atoms with E-state index in [0.717, 1.165) is 25.6 Å². The maximum Gasteiger partial charge on any atom is 0.226 e. The van der Waals surface area contributed by atoms with Crippen LogP contribution in [0, 0.1) is 11.8 Å². The number of carbonyl (C=O) groups is 1. The van der Waals surface area contributed by atoms with E-state index < -0.39 is 0 Å². The molecular weight excluding hydrogens is 236 g/mol. The van der Waals surface area contributed by atoms with Gasteiger partial charge in [0.1, 0.15) is 0 Å². The van der Waals surface area contributed by atoms with Gasteiger partial charge in [0.2, 0.25) is 5.91 Å². The molecule has 0 aromatic heterocycles. The van der Waals surface area contributed by atoms with Gasteiger partial charge in [0.05, 0.1) is 0 Å². The molecule has 0 saturated carbocycles. The standard InChI is InChI=1S/C13H26N2O.ClH/c1-4-12-6-5-8-15(9-7-12)13(16)11(2)10-14-3;/h11-12,14H,4-10H2,1-3H3;1H. The van der Waals surface area contributed by atoms with Gasteiger partial charge in [0.15, 0.2) is 0 Å². The number of hydrogen-bond acceptors (Lipinski definition) is 2. The highest BCUT2D eigenvalue weighted by Gasteiger charge is 2.23. The second kappa shape index (κ2) is 8.76. The summed E-state index contributed by atoms with van der Waals surface area (Å²) < 4.78 is 0. The lowest BCUT2D eigenvalue weighted by Gasteiger charge is -2.24. The Morgan fingerprint density at radius 1 is 1.41 bits per heavy atom. The first kappa shape index (κ1) is 16.7. The first-order chi connectivity index (χ1) is 7.69. The van der Waals surface area contributed by atoms with E-state index in [2.05, 4.69) is 17.1 Å². The summed E-state index contributed by atoms with van der Waals surface area (Å²) in [6.07, 6.45) is 4.92. The molecule has 0 aromatic rings. The van der Waals surface area contributed by atoms with Crippen LogP contribution in [0.4, 0.5) is 0 Å². The van der Waals surface area contributed by atoms with Crippen molar-refractivity contribution in [1.29, 1.82) is 0 Å². The molecule has 1 aliphatic heterocycles. The van der Waals surface area contributed by atoms with Crippen LogP contribution in [0.1, 0.15) is 39.5 Å². The Morgan fingerprint density at radius 3 is 2.71 bits per heavy atom. The number of nitrogens with one attached hydrogen (secondary N) is 1. The monoisotopic (exact) mass is 262 g/mol. The SMILES string of the molecule is CCC1CCCN(C(=O)C(C)CNC)CC1.Cl. The number of nitrogens with zero attached hydrogens (tertiary/aromatic N) is 1. The van der Waals surface area contributed by atoms with Crippen LogP contribution in [-0.2, 0) is 4.79 Å². The smallest absolute Gasteiger partial charge is 0.226 e. The van der Waals surface area contributed by atoms with Crippen LogP contribution in [0.25, 0.3) is 0 Å². The van der Waals surface area contributed by atoms with Gasteiger partial charge in [-0.3, -0.25) is 4.79 Å². The third kappa shape index (κ3) is 5.26. The molecule has 1 amide bonds.